The van der Waals surface area contributed by atoms with Gasteiger partial charge in [-0.1, -0.05) is 67.8 Å². The first-order chi connectivity index (χ1) is 23.2. The second kappa shape index (κ2) is 14.6. The summed E-state index contributed by atoms with van der Waals surface area (Å²) in [7, 11) is -0.0278. The molecule has 0 spiro atoms. The van der Waals surface area contributed by atoms with E-state index in [2.05, 4.69) is 84.9 Å². The lowest BCUT2D eigenvalue weighted by atomic mass is 9.84. The Kier molecular flexibility index (Phi) is 12.1. The van der Waals surface area contributed by atoms with Gasteiger partial charge >= 0.3 is 47.9 Å². The van der Waals surface area contributed by atoms with Gasteiger partial charge < -0.3 is 0 Å². The zero-order valence-corrected chi connectivity index (χ0v) is 26.2. The molecule has 51 heavy (non-hydrogen) atoms. The van der Waals surface area contributed by atoms with Crippen LogP contribution in [0.15, 0.2) is 99.6 Å². The Morgan fingerprint density at radius 1 is 0.353 bits per heavy atom. The molecule has 284 valence electrons. The third-order valence-electron chi connectivity index (χ3n) is 7.83. The first-order valence-corrected chi connectivity index (χ1v) is 15.7. The van der Waals surface area contributed by atoms with Gasteiger partial charge in [-0.3, -0.25) is 0 Å². The highest BCUT2D eigenvalue weighted by molar-refractivity contribution is 7.97. The van der Waals surface area contributed by atoms with Crippen molar-refractivity contribution in [1.82, 2.24) is 0 Å². The SMILES string of the molecule is FC(F)(F)C(F)(F)C(F)(F)C(F)(F)C(F)(F)C(F)(F)C(F)(F)C(F)(F)F.c1ccc([S+](c2ccccc2)c2ccc(C3CCCCC3)cc2)cc1. The van der Waals surface area contributed by atoms with E-state index in [0.29, 0.717) is 0 Å². The molecule has 0 N–H and O–H groups in total. The first-order valence-electron chi connectivity index (χ1n) is 14.5. The standard InChI is InChI=1S/C24H25S.C8F18/c1-4-10-20(11-5-1)21-16-18-24(19-17-21)25(22-12-6-2-7-13-22)23-14-8-3-9-15-23;9-1(10,3(13,14)5(17,18)7(21,22)23)2(11,12)4(15,16)6(19,20)8(24,25)26/h2-3,6-9,12-20H,1,4-5,10-11H2;/q+1;. The lowest BCUT2D eigenvalue weighted by molar-refractivity contribution is -0.468. The van der Waals surface area contributed by atoms with Crippen molar-refractivity contribution in [3.8, 4) is 0 Å². The molecule has 0 bridgehead atoms. The fraction of sp³-hybridized carbons (Fsp3) is 0.438. The van der Waals surface area contributed by atoms with E-state index in [1.807, 2.05) is 0 Å². The van der Waals surface area contributed by atoms with Crippen LogP contribution < -0.4 is 0 Å². The fourth-order valence-corrected chi connectivity index (χ4v) is 7.06. The van der Waals surface area contributed by atoms with Crippen LogP contribution >= 0.6 is 0 Å². The Morgan fingerprint density at radius 3 is 0.961 bits per heavy atom. The molecule has 0 aromatic heterocycles. The molecule has 1 fully saturated rings. The molecule has 4 rings (SSSR count). The van der Waals surface area contributed by atoms with E-state index in [9.17, 15) is 79.0 Å². The van der Waals surface area contributed by atoms with Crippen molar-refractivity contribution in [2.75, 3.05) is 0 Å². The molecule has 1 saturated carbocycles. The summed E-state index contributed by atoms with van der Waals surface area (Å²) < 4.78 is 221. The average molecular weight is 784 g/mol. The quantitative estimate of drug-likeness (QED) is 0.150. The highest BCUT2D eigenvalue weighted by Crippen LogP contribution is 2.64. The molecule has 0 amide bonds. The highest BCUT2D eigenvalue weighted by Gasteiger charge is 2.95. The largest absolute Gasteiger partial charge is 0.460 e. The van der Waals surface area contributed by atoms with Crippen LogP contribution in [0.4, 0.5) is 79.0 Å². The summed E-state index contributed by atoms with van der Waals surface area (Å²) in [5, 5.41) is 0. The van der Waals surface area contributed by atoms with Gasteiger partial charge in [-0.25, -0.2) is 0 Å². The molecule has 0 heterocycles. The lowest BCUT2D eigenvalue weighted by Gasteiger charge is -2.41. The van der Waals surface area contributed by atoms with Crippen LogP contribution in [-0.4, -0.2) is 47.9 Å². The van der Waals surface area contributed by atoms with Crippen LogP contribution in [0.2, 0.25) is 0 Å². The van der Waals surface area contributed by atoms with Crippen molar-refractivity contribution in [3.63, 3.8) is 0 Å². The molecule has 3 aromatic carbocycles. The molecule has 0 atom stereocenters. The number of hydrogen-bond acceptors (Lipinski definition) is 0. The average Bonchev–Trinajstić information content (AvgIpc) is 3.05. The van der Waals surface area contributed by atoms with Crippen LogP contribution in [0.5, 0.6) is 0 Å². The molecule has 0 aliphatic heterocycles. The number of rotatable bonds is 9. The lowest BCUT2D eigenvalue weighted by Crippen LogP contribution is -2.74. The van der Waals surface area contributed by atoms with Crippen molar-refractivity contribution in [1.29, 1.82) is 0 Å². The maximum atomic E-state index is 12.8. The van der Waals surface area contributed by atoms with E-state index in [1.165, 1.54) is 52.4 Å². The Morgan fingerprint density at radius 2 is 0.647 bits per heavy atom. The number of hydrogen-bond donors (Lipinski definition) is 0. The Hall–Kier alpha value is -3.25. The van der Waals surface area contributed by atoms with Gasteiger partial charge in [0.15, 0.2) is 14.7 Å². The minimum atomic E-state index is -8.72. The van der Waals surface area contributed by atoms with Crippen molar-refractivity contribution in [2.24, 2.45) is 0 Å². The topological polar surface area (TPSA) is 0 Å². The summed E-state index contributed by atoms with van der Waals surface area (Å²) >= 11 is 0. The number of halogens is 18. The van der Waals surface area contributed by atoms with Gasteiger partial charge in [0, 0.05) is 0 Å². The van der Waals surface area contributed by atoms with Gasteiger partial charge in [-0.15, -0.1) is 0 Å². The van der Waals surface area contributed by atoms with E-state index < -0.39 is 47.9 Å². The predicted molar refractivity (Wildman–Crippen MR) is 149 cm³/mol. The number of alkyl halides is 18. The molecule has 0 unspecified atom stereocenters. The van der Waals surface area contributed by atoms with E-state index in [1.54, 1.807) is 0 Å². The molecular formula is C32H25F18S+. The molecule has 1 aliphatic rings. The van der Waals surface area contributed by atoms with Gasteiger partial charge in [0.1, 0.15) is 0 Å². The third-order valence-corrected chi connectivity index (χ3v) is 10.1. The molecular weight excluding hydrogens is 758 g/mol. The molecule has 1 aliphatic carbocycles. The van der Waals surface area contributed by atoms with Crippen LogP contribution in [0.3, 0.4) is 0 Å². The fourth-order valence-electron chi connectivity index (χ4n) is 4.98. The summed E-state index contributed by atoms with van der Waals surface area (Å²) in [4.78, 5) is 4.19. The molecule has 0 nitrogen and oxygen atoms in total. The van der Waals surface area contributed by atoms with E-state index in [4.69, 9.17) is 0 Å². The van der Waals surface area contributed by atoms with Gasteiger partial charge in [0.25, 0.3) is 0 Å². The Bertz CT molecular complexity index is 1460. The van der Waals surface area contributed by atoms with Crippen molar-refractivity contribution >= 4 is 10.9 Å². The van der Waals surface area contributed by atoms with E-state index in [-0.39, 0.29) is 10.9 Å². The smallest absolute Gasteiger partial charge is 0.192 e. The zero-order valence-electron chi connectivity index (χ0n) is 25.4. The van der Waals surface area contributed by atoms with Gasteiger partial charge in [0.2, 0.25) is 0 Å². The Balaban J connectivity index is 0.000000275. The second-order valence-electron chi connectivity index (χ2n) is 11.3. The maximum Gasteiger partial charge on any atom is 0.460 e. The summed E-state index contributed by atoms with van der Waals surface area (Å²) in [6.45, 7) is 0. The van der Waals surface area contributed by atoms with Crippen molar-refractivity contribution in [3.05, 3.63) is 90.5 Å². The van der Waals surface area contributed by atoms with Crippen LogP contribution in [0, 0.1) is 0 Å². The first kappa shape index (κ1) is 42.2. The van der Waals surface area contributed by atoms with E-state index >= 15 is 0 Å². The van der Waals surface area contributed by atoms with Gasteiger partial charge in [-0.05, 0) is 60.7 Å². The minimum absolute atomic E-state index is 0.0278. The second-order valence-corrected chi connectivity index (χ2v) is 13.3. The van der Waals surface area contributed by atoms with Crippen molar-refractivity contribution < 1.29 is 79.0 Å². The molecule has 0 radical (unpaired) electrons. The molecule has 0 saturated heterocycles. The molecule has 19 heteroatoms. The summed E-state index contributed by atoms with van der Waals surface area (Å²) in [6, 6.07) is 31.3. The summed E-state index contributed by atoms with van der Waals surface area (Å²) in [5.74, 6) is -50.3. The summed E-state index contributed by atoms with van der Waals surface area (Å²) in [5.41, 5.74) is 1.54. The Labute approximate surface area is 281 Å². The zero-order chi connectivity index (χ0) is 38.9. The monoisotopic (exact) mass is 783 g/mol. The minimum Gasteiger partial charge on any atom is -0.192 e. The summed E-state index contributed by atoms with van der Waals surface area (Å²) in [6.07, 6.45) is -8.68. The van der Waals surface area contributed by atoms with E-state index in [0.717, 1.165) is 5.92 Å². The molecule has 3 aromatic rings. The maximum absolute atomic E-state index is 12.8. The predicted octanol–water partition coefficient (Wildman–Crippen LogP) is 12.8. The van der Waals surface area contributed by atoms with Crippen LogP contribution in [0.1, 0.15) is 43.6 Å². The van der Waals surface area contributed by atoms with Crippen molar-refractivity contribution in [2.45, 2.75) is 101 Å². The normalized spacial score (nSPS) is 16.1. The van der Waals surface area contributed by atoms with Crippen LogP contribution in [-0.2, 0) is 10.9 Å². The van der Waals surface area contributed by atoms with Gasteiger partial charge in [-0.2, -0.15) is 79.0 Å². The highest BCUT2D eigenvalue weighted by atomic mass is 32.2. The number of benzene rings is 3. The van der Waals surface area contributed by atoms with Crippen LogP contribution in [0.25, 0.3) is 0 Å². The van der Waals surface area contributed by atoms with Gasteiger partial charge in [0.05, 0.1) is 10.9 Å². The third kappa shape index (κ3) is 7.77.